The van der Waals surface area contributed by atoms with Gasteiger partial charge in [-0.05, 0) is 19.9 Å². The van der Waals surface area contributed by atoms with Gasteiger partial charge in [-0.25, -0.2) is 0 Å². The third-order valence-corrected chi connectivity index (χ3v) is 3.53. The van der Waals surface area contributed by atoms with Gasteiger partial charge in [0, 0.05) is 25.1 Å². The zero-order valence-corrected chi connectivity index (χ0v) is 10.3. The molecule has 1 aliphatic heterocycles. The number of aliphatic hydroxyl groups excluding tert-OH is 1. The highest BCUT2D eigenvalue weighted by molar-refractivity contribution is 5.92. The van der Waals surface area contributed by atoms with E-state index in [-0.39, 0.29) is 11.9 Å². The first kappa shape index (κ1) is 11.7. The number of nitrogens with zero attached hydrogens (tertiary/aromatic N) is 2. The Kier molecular flexibility index (Phi) is 2.83. The Hall–Kier alpha value is -1.40. The van der Waals surface area contributed by atoms with Crippen LogP contribution < -0.4 is 5.32 Å². The minimum absolute atomic E-state index is 0.233. The van der Waals surface area contributed by atoms with E-state index in [9.17, 15) is 9.90 Å². The van der Waals surface area contributed by atoms with Crippen molar-refractivity contribution >= 4 is 5.91 Å². The van der Waals surface area contributed by atoms with Crippen LogP contribution in [0.5, 0.6) is 0 Å². The van der Waals surface area contributed by atoms with Crippen LogP contribution in [0.1, 0.15) is 35.0 Å². The molecule has 3 rings (SSSR count). The summed E-state index contributed by atoms with van der Waals surface area (Å²) in [7, 11) is 1.91. The van der Waals surface area contributed by atoms with Crippen molar-refractivity contribution in [2.24, 2.45) is 0 Å². The van der Waals surface area contributed by atoms with E-state index >= 15 is 0 Å². The second kappa shape index (κ2) is 4.37. The highest BCUT2D eigenvalue weighted by Crippen LogP contribution is 2.40. The van der Waals surface area contributed by atoms with E-state index < -0.39 is 6.10 Å². The van der Waals surface area contributed by atoms with Crippen LogP contribution >= 0.6 is 0 Å². The summed E-state index contributed by atoms with van der Waals surface area (Å²) in [5.41, 5.74) is 0.304. The summed E-state index contributed by atoms with van der Waals surface area (Å²) in [5, 5.41) is 16.3. The van der Waals surface area contributed by atoms with Crippen molar-refractivity contribution in [3.8, 4) is 0 Å². The average molecular weight is 251 g/mol. The number of aliphatic hydroxyl groups is 1. The van der Waals surface area contributed by atoms with Gasteiger partial charge < -0.3 is 19.8 Å². The molecule has 1 saturated carbocycles. The number of rotatable bonds is 3. The smallest absolute Gasteiger partial charge is 0.273 e. The number of amides is 1. The highest BCUT2D eigenvalue weighted by Gasteiger charge is 2.32. The number of carbonyl (C=O) groups is 1. The third-order valence-electron chi connectivity index (χ3n) is 3.53. The maximum atomic E-state index is 11.9. The summed E-state index contributed by atoms with van der Waals surface area (Å²) in [6, 6.07) is 1.47. The largest absolute Gasteiger partial charge is 0.390 e. The van der Waals surface area contributed by atoms with Crippen LogP contribution in [0.25, 0.3) is 0 Å². The lowest BCUT2D eigenvalue weighted by atomic mass is 10.2. The molecule has 98 valence electrons. The molecule has 0 radical (unpaired) electrons. The molecule has 2 heterocycles. The molecule has 6 nitrogen and oxygen atoms in total. The fraction of sp³-hybridized carbons (Fsp3) is 0.667. The van der Waals surface area contributed by atoms with Gasteiger partial charge in [0.15, 0.2) is 5.69 Å². The number of hydrogen-bond acceptors (Lipinski definition) is 5. The minimum Gasteiger partial charge on any atom is -0.390 e. The van der Waals surface area contributed by atoms with Crippen LogP contribution in [0, 0.1) is 0 Å². The molecule has 0 aromatic carbocycles. The Morgan fingerprint density at radius 3 is 2.94 bits per heavy atom. The first-order valence-corrected chi connectivity index (χ1v) is 6.27. The van der Waals surface area contributed by atoms with Gasteiger partial charge in [-0.2, -0.15) is 0 Å². The Bertz CT molecular complexity index is 455. The quantitative estimate of drug-likeness (QED) is 0.788. The molecule has 1 aliphatic carbocycles. The average Bonchev–Trinajstić information content (AvgIpc) is 2.96. The molecular formula is C12H17N3O3. The number of hydrogen-bond donors (Lipinski definition) is 2. The molecule has 1 aromatic rings. The number of carbonyl (C=O) groups excluding carboxylic acids is 1. The lowest BCUT2D eigenvalue weighted by Gasteiger charge is -2.14. The molecule has 18 heavy (non-hydrogen) atoms. The predicted octanol–water partition coefficient (Wildman–Crippen LogP) is -0.0433. The van der Waals surface area contributed by atoms with Crippen LogP contribution in [0.2, 0.25) is 0 Å². The Labute approximate surface area is 105 Å². The molecule has 1 amide bonds. The van der Waals surface area contributed by atoms with E-state index in [0.29, 0.717) is 24.7 Å². The van der Waals surface area contributed by atoms with E-state index in [1.54, 1.807) is 6.07 Å². The van der Waals surface area contributed by atoms with Crippen molar-refractivity contribution in [3.63, 3.8) is 0 Å². The van der Waals surface area contributed by atoms with Crippen molar-refractivity contribution in [1.29, 1.82) is 0 Å². The number of likely N-dealkylation sites (tertiary alicyclic amines) is 1. The molecular weight excluding hydrogens is 234 g/mol. The second-order valence-electron chi connectivity index (χ2n) is 5.26. The maximum absolute atomic E-state index is 11.9. The predicted molar refractivity (Wildman–Crippen MR) is 63.2 cm³/mol. The molecule has 1 saturated heterocycles. The summed E-state index contributed by atoms with van der Waals surface area (Å²) >= 11 is 0. The summed E-state index contributed by atoms with van der Waals surface area (Å²) in [4.78, 5) is 13.9. The lowest BCUT2D eigenvalue weighted by Crippen LogP contribution is -2.42. The fourth-order valence-corrected chi connectivity index (χ4v) is 2.32. The zero-order chi connectivity index (χ0) is 12.7. The first-order valence-electron chi connectivity index (χ1n) is 6.27. The molecule has 1 aromatic heterocycles. The third kappa shape index (κ3) is 2.26. The second-order valence-corrected chi connectivity index (χ2v) is 5.26. The normalized spacial score (nSPS) is 28.6. The monoisotopic (exact) mass is 251 g/mol. The van der Waals surface area contributed by atoms with Gasteiger partial charge in [-0.15, -0.1) is 0 Å². The van der Waals surface area contributed by atoms with E-state index in [1.165, 1.54) is 0 Å². The molecule has 0 unspecified atom stereocenters. The van der Waals surface area contributed by atoms with Crippen LogP contribution in [0.3, 0.4) is 0 Å². The first-order chi connectivity index (χ1) is 8.63. The van der Waals surface area contributed by atoms with Gasteiger partial charge >= 0.3 is 0 Å². The van der Waals surface area contributed by atoms with Crippen LogP contribution in [0.15, 0.2) is 10.6 Å². The van der Waals surface area contributed by atoms with E-state index in [2.05, 4.69) is 10.5 Å². The van der Waals surface area contributed by atoms with E-state index in [0.717, 1.165) is 18.6 Å². The molecule has 0 bridgehead atoms. The Morgan fingerprint density at radius 2 is 2.33 bits per heavy atom. The van der Waals surface area contributed by atoms with Gasteiger partial charge in [0.25, 0.3) is 5.91 Å². The Balaban J connectivity index is 1.63. The maximum Gasteiger partial charge on any atom is 0.273 e. The lowest BCUT2D eigenvalue weighted by molar-refractivity contribution is 0.0879. The Morgan fingerprint density at radius 1 is 1.56 bits per heavy atom. The van der Waals surface area contributed by atoms with E-state index in [4.69, 9.17) is 4.52 Å². The van der Waals surface area contributed by atoms with Crippen LogP contribution in [-0.4, -0.2) is 53.4 Å². The highest BCUT2D eigenvalue weighted by atomic mass is 16.5. The molecule has 2 aliphatic rings. The number of aromatic nitrogens is 1. The molecule has 0 spiro atoms. The van der Waals surface area contributed by atoms with Crippen LogP contribution in [0.4, 0.5) is 0 Å². The van der Waals surface area contributed by atoms with Crippen molar-refractivity contribution in [2.45, 2.75) is 30.9 Å². The van der Waals surface area contributed by atoms with Gasteiger partial charge in [0.05, 0.1) is 12.1 Å². The molecule has 6 heteroatoms. The number of nitrogens with one attached hydrogen (secondary N) is 1. The number of β-amino-alcohol motifs (C(OH)–C–C–N with tert-alkyl or cyclic N) is 1. The molecule has 2 atom stereocenters. The summed E-state index contributed by atoms with van der Waals surface area (Å²) < 4.78 is 5.14. The van der Waals surface area contributed by atoms with Crippen molar-refractivity contribution in [1.82, 2.24) is 15.4 Å². The minimum atomic E-state index is -0.520. The summed E-state index contributed by atoms with van der Waals surface area (Å²) in [6.45, 7) is 1.23. The topological polar surface area (TPSA) is 78.6 Å². The van der Waals surface area contributed by atoms with Gasteiger partial charge in [-0.3, -0.25) is 4.79 Å². The number of likely N-dealkylation sites (N-methyl/N-ethyl adjacent to an activating group) is 1. The van der Waals surface area contributed by atoms with Crippen molar-refractivity contribution in [3.05, 3.63) is 17.5 Å². The summed E-state index contributed by atoms with van der Waals surface area (Å²) in [5.74, 6) is 0.969. The van der Waals surface area contributed by atoms with Gasteiger partial charge in [0.2, 0.25) is 0 Å². The van der Waals surface area contributed by atoms with Gasteiger partial charge in [-0.1, -0.05) is 5.16 Å². The van der Waals surface area contributed by atoms with Gasteiger partial charge in [0.1, 0.15) is 5.76 Å². The fourth-order valence-electron chi connectivity index (χ4n) is 2.32. The van der Waals surface area contributed by atoms with Crippen molar-refractivity contribution < 1.29 is 14.4 Å². The molecule has 2 fully saturated rings. The molecule has 2 N–H and O–H groups in total. The standard InChI is InChI=1S/C12H17N3O3/c1-15-5-9(10(16)6-15)13-12(17)8-4-11(18-14-8)7-2-3-7/h4,7,9-10,16H,2-3,5-6H2,1H3,(H,13,17)/t9-,10-/m0/s1. The van der Waals surface area contributed by atoms with Crippen molar-refractivity contribution in [2.75, 3.05) is 20.1 Å². The SMILES string of the molecule is CN1C[C@H](NC(=O)c2cc(C3CC3)on2)[C@@H](O)C1. The zero-order valence-electron chi connectivity index (χ0n) is 10.3. The van der Waals surface area contributed by atoms with Crippen LogP contribution in [-0.2, 0) is 0 Å². The summed E-state index contributed by atoms with van der Waals surface area (Å²) in [6.07, 6.45) is 1.71. The van der Waals surface area contributed by atoms with E-state index in [1.807, 2.05) is 11.9 Å².